The number of amides is 3. The number of nitro benzene ring substituents is 1. The van der Waals surface area contributed by atoms with Crippen molar-refractivity contribution >= 4 is 46.2 Å². The molecule has 1 aliphatic rings. The van der Waals surface area contributed by atoms with Crippen LogP contribution in [0.3, 0.4) is 0 Å². The Morgan fingerprint density at radius 3 is 2.64 bits per heavy atom. The minimum absolute atomic E-state index is 0.0101. The molecule has 0 saturated carbocycles. The number of hydrogen-bond acceptors (Lipinski definition) is 9. The molecule has 0 unspecified atom stereocenters. The molecular formula is C20H24N4O8S. The highest BCUT2D eigenvalue weighted by atomic mass is 32.2. The topological polar surface area (TPSA) is 148 Å². The Labute approximate surface area is 194 Å². The molecule has 2 atom stereocenters. The first-order valence-corrected chi connectivity index (χ1v) is 10.6. The molecule has 1 heterocycles. The van der Waals surface area contributed by atoms with E-state index >= 15 is 0 Å². The average molecular weight is 480 g/mol. The third kappa shape index (κ3) is 6.76. The van der Waals surface area contributed by atoms with Gasteiger partial charge in [-0.05, 0) is 12.5 Å². The number of nitro groups is 1. The predicted octanol–water partition coefficient (Wildman–Crippen LogP) is 2.21. The van der Waals surface area contributed by atoms with Crippen LogP contribution in [0.25, 0.3) is 0 Å². The second-order valence-corrected chi connectivity index (χ2v) is 8.48. The summed E-state index contributed by atoms with van der Waals surface area (Å²) in [5.74, 6) is -1.30. The number of benzene rings is 1. The lowest BCUT2D eigenvalue weighted by Gasteiger charge is -2.23. The van der Waals surface area contributed by atoms with Gasteiger partial charge in [0.1, 0.15) is 12.6 Å². The van der Waals surface area contributed by atoms with E-state index in [1.165, 1.54) is 38.1 Å². The summed E-state index contributed by atoms with van der Waals surface area (Å²) in [5, 5.41) is 14.2. The van der Waals surface area contributed by atoms with Gasteiger partial charge in [-0.15, -0.1) is 0 Å². The van der Waals surface area contributed by atoms with Crippen LogP contribution in [0.2, 0.25) is 0 Å². The van der Waals surface area contributed by atoms with Crippen molar-refractivity contribution in [2.45, 2.75) is 24.6 Å². The van der Waals surface area contributed by atoms with Crippen LogP contribution in [0.4, 0.5) is 16.2 Å². The van der Waals surface area contributed by atoms with Crippen molar-refractivity contribution in [3.63, 3.8) is 0 Å². The molecule has 1 aromatic carbocycles. The number of rotatable bonds is 8. The first-order chi connectivity index (χ1) is 15.6. The van der Waals surface area contributed by atoms with E-state index in [9.17, 15) is 29.3 Å². The molecule has 2 rings (SSSR count). The van der Waals surface area contributed by atoms with Crippen LogP contribution in [-0.2, 0) is 19.2 Å². The van der Waals surface area contributed by atoms with E-state index in [2.05, 4.69) is 11.9 Å². The third-order valence-corrected chi connectivity index (χ3v) is 5.67. The van der Waals surface area contributed by atoms with Gasteiger partial charge in [-0.1, -0.05) is 24.4 Å². The second kappa shape index (κ2) is 11.4. The summed E-state index contributed by atoms with van der Waals surface area (Å²) >= 11 is 1.01. The van der Waals surface area contributed by atoms with Crippen molar-refractivity contribution in [3.05, 3.63) is 46.5 Å². The number of thioether (sulfide) groups is 1. The number of hydrogen-bond donors (Lipinski definition) is 1. The van der Waals surface area contributed by atoms with Crippen LogP contribution in [-0.4, -0.2) is 76.5 Å². The first kappa shape index (κ1) is 25.8. The van der Waals surface area contributed by atoms with Crippen LogP contribution >= 0.6 is 11.8 Å². The normalized spacial score (nSPS) is 17.2. The van der Waals surface area contributed by atoms with Crippen molar-refractivity contribution in [3.8, 4) is 0 Å². The highest BCUT2D eigenvalue weighted by Crippen LogP contribution is 2.30. The van der Waals surface area contributed by atoms with Gasteiger partial charge in [0.2, 0.25) is 5.91 Å². The summed E-state index contributed by atoms with van der Waals surface area (Å²) in [6.45, 7) is 4.90. The Hall–Kier alpha value is -3.45. The maximum Gasteiger partial charge on any atom is 0.410 e. The minimum atomic E-state index is -0.987. The molecule has 1 saturated heterocycles. The number of likely N-dealkylation sites (tertiary alicyclic amines) is 1. The monoisotopic (exact) mass is 480 g/mol. The van der Waals surface area contributed by atoms with Crippen LogP contribution < -0.4 is 5.32 Å². The molecule has 13 heteroatoms. The van der Waals surface area contributed by atoms with Gasteiger partial charge < -0.3 is 10.1 Å². The summed E-state index contributed by atoms with van der Waals surface area (Å²) in [6.07, 6.45) is 0.800. The third-order valence-electron chi connectivity index (χ3n) is 4.66. The first-order valence-electron chi connectivity index (χ1n) is 9.71. The number of nitrogens with one attached hydrogen (secondary N) is 1. The molecule has 3 amide bonds. The Kier molecular flexibility index (Phi) is 8.94. The highest BCUT2D eigenvalue weighted by Gasteiger charge is 2.41. The molecule has 12 nitrogen and oxygen atoms in total. The summed E-state index contributed by atoms with van der Waals surface area (Å²) in [7, 11) is 2.59. The summed E-state index contributed by atoms with van der Waals surface area (Å²) in [4.78, 5) is 66.0. The predicted molar refractivity (Wildman–Crippen MR) is 120 cm³/mol. The molecule has 0 radical (unpaired) electrons. The fourth-order valence-electron chi connectivity index (χ4n) is 3.18. The lowest BCUT2D eigenvalue weighted by atomic mass is 10.1. The molecule has 1 aliphatic heterocycles. The number of carbonyl (C=O) groups is 4. The van der Waals surface area contributed by atoms with Gasteiger partial charge in [0.25, 0.3) is 11.6 Å². The van der Waals surface area contributed by atoms with Gasteiger partial charge in [0.15, 0.2) is 5.12 Å². The number of carbonyl (C=O) groups excluding carboxylic acids is 4. The molecular weight excluding hydrogens is 456 g/mol. The molecule has 0 aliphatic carbocycles. The molecule has 1 fully saturated rings. The van der Waals surface area contributed by atoms with E-state index < -0.39 is 34.6 Å². The van der Waals surface area contributed by atoms with Crippen LogP contribution in [0, 0.1) is 10.1 Å². The second-order valence-electron chi connectivity index (χ2n) is 7.00. The van der Waals surface area contributed by atoms with Crippen LogP contribution in [0.15, 0.2) is 30.9 Å². The van der Waals surface area contributed by atoms with Gasteiger partial charge in [0.05, 0.1) is 17.6 Å². The molecule has 1 aromatic rings. The van der Waals surface area contributed by atoms with E-state index in [0.717, 1.165) is 29.0 Å². The Morgan fingerprint density at radius 2 is 2.06 bits per heavy atom. The lowest BCUT2D eigenvalue weighted by Crippen LogP contribution is -2.43. The number of hydroxylamine groups is 2. The van der Waals surface area contributed by atoms with Crippen molar-refractivity contribution in [2.75, 3.05) is 32.6 Å². The Bertz CT molecular complexity index is 969. The maximum absolute atomic E-state index is 13.0. The molecule has 0 spiro atoms. The molecule has 0 bridgehead atoms. The van der Waals surface area contributed by atoms with Crippen LogP contribution in [0.5, 0.6) is 0 Å². The molecule has 178 valence electrons. The number of ether oxygens (including phenoxy) is 1. The van der Waals surface area contributed by atoms with Gasteiger partial charge in [-0.25, -0.2) is 9.86 Å². The molecule has 33 heavy (non-hydrogen) atoms. The van der Waals surface area contributed by atoms with Crippen molar-refractivity contribution in [2.24, 2.45) is 0 Å². The summed E-state index contributed by atoms with van der Waals surface area (Å²) in [5.41, 5.74) is -0.508. The largest absolute Gasteiger partial charge is 0.445 e. The van der Waals surface area contributed by atoms with Gasteiger partial charge in [0, 0.05) is 43.6 Å². The Balaban J connectivity index is 2.31. The van der Waals surface area contributed by atoms with E-state index in [4.69, 9.17) is 9.57 Å². The van der Waals surface area contributed by atoms with Gasteiger partial charge >= 0.3 is 6.09 Å². The van der Waals surface area contributed by atoms with E-state index in [-0.39, 0.29) is 41.2 Å². The fraction of sp³-hybridized carbons (Fsp3) is 0.400. The number of anilines is 1. The highest BCUT2D eigenvalue weighted by molar-refractivity contribution is 8.14. The van der Waals surface area contributed by atoms with E-state index in [1.54, 1.807) is 0 Å². The summed E-state index contributed by atoms with van der Waals surface area (Å²) in [6, 6.07) is 2.43. The van der Waals surface area contributed by atoms with Crippen molar-refractivity contribution < 1.29 is 33.7 Å². The van der Waals surface area contributed by atoms with Crippen LogP contribution in [0.1, 0.15) is 23.7 Å². The quantitative estimate of drug-likeness (QED) is 0.336. The smallest absolute Gasteiger partial charge is 0.410 e. The zero-order valence-corrected chi connectivity index (χ0v) is 19.1. The van der Waals surface area contributed by atoms with Crippen molar-refractivity contribution in [1.29, 1.82) is 0 Å². The average Bonchev–Trinajstić information content (AvgIpc) is 3.19. The zero-order chi connectivity index (χ0) is 24.7. The van der Waals surface area contributed by atoms with Crippen molar-refractivity contribution in [1.82, 2.24) is 9.96 Å². The molecule has 0 aromatic heterocycles. The van der Waals surface area contributed by atoms with Gasteiger partial charge in [-0.3, -0.25) is 34.2 Å². The zero-order valence-electron chi connectivity index (χ0n) is 18.3. The number of nitrogens with zero attached hydrogens (tertiary/aromatic N) is 3. The summed E-state index contributed by atoms with van der Waals surface area (Å²) < 4.78 is 5.04. The van der Waals surface area contributed by atoms with E-state index in [0.29, 0.717) is 0 Å². The number of non-ortho nitro benzene ring substituents is 1. The standard InChI is InChI=1S/C20H24N4O8S/c1-5-6-32-20(28)23-11-16(33-12(2)25)10-17(23)18(26)21-14-7-13(19(27)22(3)31-4)8-15(9-14)24(29)30/h5,7-9,16-17H,1,6,10-11H2,2-4H3,(H,21,26)/t16-,17-/m0/s1. The minimum Gasteiger partial charge on any atom is -0.445 e. The van der Waals surface area contributed by atoms with Gasteiger partial charge in [-0.2, -0.15) is 0 Å². The fourth-order valence-corrected chi connectivity index (χ4v) is 4.17. The Morgan fingerprint density at radius 1 is 1.36 bits per heavy atom. The lowest BCUT2D eigenvalue weighted by molar-refractivity contribution is -0.384. The molecule has 1 N–H and O–H groups in total. The maximum atomic E-state index is 13.0. The SMILES string of the molecule is C=CCOC(=O)N1C[C@@H](SC(C)=O)C[C@H]1C(=O)Nc1cc(C(=O)N(C)OC)cc([N+](=O)[O-])c1. The van der Waals surface area contributed by atoms with E-state index in [1.807, 2.05) is 0 Å².